The molecule has 296 valence electrons. The van der Waals surface area contributed by atoms with Crippen LogP contribution in [0.15, 0.2) is 65.5 Å². The molecule has 1 aromatic heterocycles. The lowest BCUT2D eigenvalue weighted by molar-refractivity contribution is -0.135. The summed E-state index contributed by atoms with van der Waals surface area (Å²) < 4.78 is 3.15. The zero-order valence-electron chi connectivity index (χ0n) is 32.5. The van der Waals surface area contributed by atoms with Crippen LogP contribution in [0.4, 0.5) is 22.7 Å². The number of hydrogen-bond acceptors (Lipinski definition) is 8. The molecule has 5 fully saturated rings. The molecule has 0 bridgehead atoms. The zero-order chi connectivity index (χ0) is 39.6. The number of rotatable bonds is 6. The van der Waals surface area contributed by atoms with Crippen LogP contribution in [-0.4, -0.2) is 108 Å². The molecule has 1 unspecified atom stereocenters. The summed E-state index contributed by atoms with van der Waals surface area (Å²) in [7, 11) is 1.74. The number of aryl methyl sites for hydroxylation is 1. The predicted molar refractivity (Wildman–Crippen MR) is 222 cm³/mol. The number of para-hydroxylation sites is 1. The van der Waals surface area contributed by atoms with Gasteiger partial charge in [-0.1, -0.05) is 23.7 Å². The molecule has 6 heterocycles. The first kappa shape index (κ1) is 37.3. The van der Waals surface area contributed by atoms with Crippen molar-refractivity contribution in [2.24, 2.45) is 12.5 Å². The summed E-state index contributed by atoms with van der Waals surface area (Å²) in [5, 5.41) is 2.90. The number of piperidine rings is 2. The van der Waals surface area contributed by atoms with Crippen molar-refractivity contribution < 1.29 is 14.4 Å². The molecule has 57 heavy (non-hydrogen) atoms. The van der Waals surface area contributed by atoms with Gasteiger partial charge in [0.05, 0.1) is 23.3 Å². The van der Waals surface area contributed by atoms with Crippen molar-refractivity contribution in [1.29, 1.82) is 0 Å². The van der Waals surface area contributed by atoms with Crippen molar-refractivity contribution in [3.8, 4) is 0 Å². The number of amides is 3. The quantitative estimate of drug-likeness (QED) is 0.214. The van der Waals surface area contributed by atoms with Crippen molar-refractivity contribution in [2.75, 3.05) is 73.6 Å². The van der Waals surface area contributed by atoms with Gasteiger partial charge in [0.2, 0.25) is 17.5 Å². The second kappa shape index (κ2) is 14.6. The zero-order valence-corrected chi connectivity index (χ0v) is 33.2. The van der Waals surface area contributed by atoms with Gasteiger partial charge in [0.15, 0.2) is 0 Å². The highest BCUT2D eigenvalue weighted by molar-refractivity contribution is 6.33. The summed E-state index contributed by atoms with van der Waals surface area (Å²) in [4.78, 5) is 66.6. The van der Waals surface area contributed by atoms with Crippen LogP contribution in [0.2, 0.25) is 5.02 Å². The molecule has 3 aromatic carbocycles. The molecule has 4 aromatic rings. The smallest absolute Gasteiger partial charge is 0.329 e. The number of halogens is 1. The number of hydrogen-bond donors (Lipinski definition) is 1. The summed E-state index contributed by atoms with van der Waals surface area (Å²) in [6.07, 6.45) is 3.87. The molecular weight excluding hydrogens is 742 g/mol. The van der Waals surface area contributed by atoms with Gasteiger partial charge in [-0.15, -0.1) is 0 Å². The molecule has 2 atom stereocenters. The second-order valence-electron chi connectivity index (χ2n) is 16.7. The van der Waals surface area contributed by atoms with E-state index in [9.17, 15) is 19.2 Å². The minimum atomic E-state index is -0.712. The Hall–Kier alpha value is -5.32. The Morgan fingerprint density at radius 2 is 1.63 bits per heavy atom. The maximum atomic E-state index is 13.6. The van der Waals surface area contributed by atoms with E-state index >= 15 is 0 Å². The van der Waals surface area contributed by atoms with Crippen LogP contribution in [0.3, 0.4) is 0 Å². The fourth-order valence-corrected chi connectivity index (χ4v) is 10.3. The Labute approximate surface area is 337 Å². The normalized spacial score (nSPS) is 22.9. The maximum Gasteiger partial charge on any atom is 0.329 e. The number of nitrogens with one attached hydrogen (secondary N) is 1. The maximum absolute atomic E-state index is 13.6. The summed E-state index contributed by atoms with van der Waals surface area (Å²) in [6.45, 7) is 17.2. The number of piperazine rings is 1. The Balaban J connectivity index is 0.769. The Kier molecular flexibility index (Phi) is 9.52. The fraction of sp³-hybridized carbons (Fsp3) is 0.465. The number of imidazole rings is 1. The van der Waals surface area contributed by atoms with E-state index in [-0.39, 0.29) is 29.3 Å². The summed E-state index contributed by atoms with van der Waals surface area (Å²) in [6, 6.07) is 19.8. The van der Waals surface area contributed by atoms with Crippen LogP contribution in [0, 0.1) is 12.0 Å². The SMILES string of the molecule is [C-]#[N+]c1ccc(N2CC3(CCN(c4ccc(C(=O)N5CCN(C6CN(c7cccc8c7n(C)c(=O)n8C7CCC(=O)NC7=O)C6)CC5)cc4)CC3)C[C@@H]2C)cc1Cl. The van der Waals surface area contributed by atoms with E-state index in [1.54, 1.807) is 11.6 Å². The minimum Gasteiger partial charge on any atom is -0.371 e. The second-order valence-corrected chi connectivity index (χ2v) is 17.1. The molecule has 3 amide bonds. The third-order valence-corrected chi connectivity index (χ3v) is 13.7. The summed E-state index contributed by atoms with van der Waals surface area (Å²) in [5.74, 6) is -0.663. The Morgan fingerprint density at radius 1 is 0.912 bits per heavy atom. The lowest BCUT2D eigenvalue weighted by Crippen LogP contribution is -2.63. The number of anilines is 3. The number of benzene rings is 3. The number of carbonyl (C=O) groups is 3. The standard InChI is InChI=1S/C43H48ClN9O4/c1-28-24-43(27-52(28)31-11-12-34(45-2)33(44)23-31)15-17-48(18-16-43)30-9-7-29(8-10-30)41(56)50-21-19-49(20-22-50)32-25-51(26-32)35-5-4-6-36-39(35)47(3)42(57)53(36)37-13-14-38(54)46-40(37)55/h4-12,23,28,32,37H,13-22,24-27H2,1,3H3,(H,46,54,55)/t28-,37?/m0/s1. The number of fused-ring (bicyclic) bond motifs is 1. The number of aromatic nitrogens is 2. The molecule has 1 spiro atoms. The van der Waals surface area contributed by atoms with E-state index in [1.165, 1.54) is 4.57 Å². The van der Waals surface area contributed by atoms with Crippen LogP contribution in [-0.2, 0) is 16.6 Å². The van der Waals surface area contributed by atoms with Gasteiger partial charge in [-0.3, -0.25) is 33.7 Å². The third-order valence-electron chi connectivity index (χ3n) is 13.4. The van der Waals surface area contributed by atoms with Gasteiger partial charge in [0.25, 0.3) is 5.91 Å². The van der Waals surface area contributed by atoms with Crippen LogP contribution in [0.1, 0.15) is 55.4 Å². The highest BCUT2D eigenvalue weighted by Gasteiger charge is 2.44. The lowest BCUT2D eigenvalue weighted by atomic mass is 9.76. The fourth-order valence-electron chi connectivity index (χ4n) is 10.1. The molecule has 5 aliphatic rings. The topological polar surface area (TPSA) is 111 Å². The molecule has 5 aliphatic heterocycles. The molecule has 0 radical (unpaired) electrons. The van der Waals surface area contributed by atoms with E-state index in [2.05, 4.69) is 48.8 Å². The first-order chi connectivity index (χ1) is 27.5. The van der Waals surface area contributed by atoms with Gasteiger partial charge in [0.1, 0.15) is 6.04 Å². The molecule has 13 nitrogen and oxygen atoms in total. The minimum absolute atomic E-state index is 0.0757. The average Bonchev–Trinajstić information content (AvgIpc) is 3.66. The van der Waals surface area contributed by atoms with Gasteiger partial charge >= 0.3 is 5.69 Å². The van der Waals surface area contributed by atoms with Gasteiger partial charge < -0.3 is 19.6 Å². The number of nitrogens with zero attached hydrogens (tertiary/aromatic N) is 8. The van der Waals surface area contributed by atoms with E-state index in [4.69, 9.17) is 18.2 Å². The molecule has 0 saturated carbocycles. The van der Waals surface area contributed by atoms with Crippen LogP contribution < -0.4 is 25.7 Å². The predicted octanol–water partition coefficient (Wildman–Crippen LogP) is 5.05. The van der Waals surface area contributed by atoms with Crippen molar-refractivity contribution in [3.05, 3.63) is 93.2 Å². The Morgan fingerprint density at radius 3 is 2.32 bits per heavy atom. The molecule has 5 saturated heterocycles. The largest absolute Gasteiger partial charge is 0.371 e. The molecule has 1 N–H and O–H groups in total. The van der Waals surface area contributed by atoms with Gasteiger partial charge in [-0.2, -0.15) is 0 Å². The van der Waals surface area contributed by atoms with Crippen molar-refractivity contribution in [3.63, 3.8) is 0 Å². The van der Waals surface area contributed by atoms with Gasteiger partial charge in [-0.25, -0.2) is 9.64 Å². The van der Waals surface area contributed by atoms with Gasteiger partial charge in [0, 0.05) is 106 Å². The first-order valence-corrected chi connectivity index (χ1v) is 20.5. The van der Waals surface area contributed by atoms with Crippen molar-refractivity contribution in [1.82, 2.24) is 24.3 Å². The van der Waals surface area contributed by atoms with E-state index in [0.717, 1.165) is 93.2 Å². The highest BCUT2D eigenvalue weighted by atomic mass is 35.5. The average molecular weight is 790 g/mol. The van der Waals surface area contributed by atoms with Crippen LogP contribution >= 0.6 is 11.6 Å². The molecule has 9 rings (SSSR count). The van der Waals surface area contributed by atoms with E-state index in [1.807, 2.05) is 53.4 Å². The molecule has 0 aliphatic carbocycles. The monoisotopic (exact) mass is 789 g/mol. The van der Waals surface area contributed by atoms with E-state index in [0.29, 0.717) is 47.8 Å². The van der Waals surface area contributed by atoms with Crippen molar-refractivity contribution in [2.45, 2.75) is 57.2 Å². The molecular formula is C43H48ClN9O4. The van der Waals surface area contributed by atoms with Crippen LogP contribution in [0.5, 0.6) is 0 Å². The highest BCUT2D eigenvalue weighted by Crippen LogP contribution is 2.46. The van der Waals surface area contributed by atoms with Crippen LogP contribution in [0.25, 0.3) is 15.9 Å². The molecule has 14 heteroatoms. The summed E-state index contributed by atoms with van der Waals surface area (Å²) >= 11 is 6.39. The third kappa shape index (κ3) is 6.62. The first-order valence-electron chi connectivity index (χ1n) is 20.1. The Bertz CT molecular complexity index is 2340. The number of carbonyl (C=O) groups excluding carboxylic acids is 3. The lowest BCUT2D eigenvalue weighted by Gasteiger charge is -2.49. The summed E-state index contributed by atoms with van der Waals surface area (Å²) in [5.41, 5.74) is 5.92. The van der Waals surface area contributed by atoms with E-state index < -0.39 is 11.9 Å². The van der Waals surface area contributed by atoms with Gasteiger partial charge in [-0.05, 0) is 86.6 Å². The number of imide groups is 1. The van der Waals surface area contributed by atoms with Crippen molar-refractivity contribution >= 4 is 63.1 Å².